The van der Waals surface area contributed by atoms with Crippen molar-refractivity contribution < 1.29 is 4.79 Å². The molecule has 0 spiro atoms. The van der Waals surface area contributed by atoms with E-state index < -0.39 is 0 Å². The summed E-state index contributed by atoms with van der Waals surface area (Å²) in [7, 11) is 0. The molecule has 4 heteroatoms. The maximum absolute atomic E-state index is 12.3. The molecule has 1 amide bonds. The van der Waals surface area contributed by atoms with Gasteiger partial charge in [0.15, 0.2) is 0 Å². The van der Waals surface area contributed by atoms with Crippen LogP contribution in [0, 0.1) is 13.8 Å². The summed E-state index contributed by atoms with van der Waals surface area (Å²) in [5.74, 6) is 0.0474. The Balaban J connectivity index is 1.96. The molecule has 2 rings (SSSR count). The van der Waals surface area contributed by atoms with Gasteiger partial charge in [-0.3, -0.25) is 4.79 Å². The number of benzene rings is 2. The van der Waals surface area contributed by atoms with Crippen LogP contribution < -0.4 is 5.32 Å². The molecule has 0 aromatic heterocycles. The number of hydrogen-bond donors (Lipinski definition) is 1. The van der Waals surface area contributed by atoms with E-state index in [0.717, 1.165) is 17.5 Å². The number of nitrogens with one attached hydrogen (secondary N) is 1. The molecule has 1 N–H and O–H groups in total. The van der Waals surface area contributed by atoms with Crippen molar-refractivity contribution in [1.29, 1.82) is 0 Å². The van der Waals surface area contributed by atoms with Gasteiger partial charge in [-0.15, -0.1) is 0 Å². The first-order valence-corrected chi connectivity index (χ1v) is 8.96. The zero-order valence-electron chi connectivity index (χ0n) is 14.3. The topological polar surface area (TPSA) is 29.1 Å². The predicted octanol–water partition coefficient (Wildman–Crippen LogP) is 5.81. The van der Waals surface area contributed by atoms with E-state index in [1.54, 1.807) is 6.07 Å². The fourth-order valence-corrected chi connectivity index (χ4v) is 2.94. The molecule has 0 bridgehead atoms. The van der Waals surface area contributed by atoms with Crippen LogP contribution in [0.2, 0.25) is 10.0 Å². The van der Waals surface area contributed by atoms with Gasteiger partial charge in [0.1, 0.15) is 0 Å². The molecule has 0 aliphatic carbocycles. The number of halogens is 2. The first-order valence-electron chi connectivity index (χ1n) is 8.21. The Morgan fingerprint density at radius 1 is 1.04 bits per heavy atom. The highest BCUT2D eigenvalue weighted by molar-refractivity contribution is 6.42. The maximum atomic E-state index is 12.3. The van der Waals surface area contributed by atoms with Crippen LogP contribution in [-0.2, 0) is 11.2 Å². The molecule has 0 aliphatic heterocycles. The van der Waals surface area contributed by atoms with Gasteiger partial charge in [-0.25, -0.2) is 0 Å². The molecule has 0 saturated carbocycles. The van der Waals surface area contributed by atoms with Crippen molar-refractivity contribution in [2.24, 2.45) is 0 Å². The Hall–Kier alpha value is -1.51. The summed E-state index contributed by atoms with van der Waals surface area (Å²) in [5, 5.41) is 4.19. The highest BCUT2D eigenvalue weighted by Crippen LogP contribution is 2.23. The van der Waals surface area contributed by atoms with Gasteiger partial charge in [-0.2, -0.15) is 0 Å². The van der Waals surface area contributed by atoms with E-state index in [0.29, 0.717) is 22.9 Å². The molecule has 128 valence electrons. The summed E-state index contributed by atoms with van der Waals surface area (Å²) in [6.45, 7) is 6.27. The molecular formula is C20H23Cl2NO. The molecule has 0 radical (unpaired) electrons. The fourth-order valence-electron chi connectivity index (χ4n) is 2.62. The predicted molar refractivity (Wildman–Crippen MR) is 102 cm³/mol. The molecule has 2 aromatic rings. The SMILES string of the molecule is CC[C@H](NC(=O)CCc1ccc(Cl)c(Cl)c1)c1ccc(C)c(C)c1. The average Bonchev–Trinajstić information content (AvgIpc) is 2.56. The molecule has 1 atom stereocenters. The second-order valence-corrected chi connectivity index (χ2v) is 6.93. The van der Waals surface area contributed by atoms with Crippen LogP contribution in [0.15, 0.2) is 36.4 Å². The number of carbonyl (C=O) groups is 1. The van der Waals surface area contributed by atoms with Crippen molar-refractivity contribution in [3.05, 3.63) is 68.7 Å². The first kappa shape index (κ1) is 18.8. The quantitative estimate of drug-likeness (QED) is 0.688. The molecule has 24 heavy (non-hydrogen) atoms. The Kier molecular flexibility index (Phi) is 6.70. The van der Waals surface area contributed by atoms with E-state index in [4.69, 9.17) is 23.2 Å². The molecular weight excluding hydrogens is 341 g/mol. The van der Waals surface area contributed by atoms with Gasteiger partial charge >= 0.3 is 0 Å². The maximum Gasteiger partial charge on any atom is 0.220 e. The van der Waals surface area contributed by atoms with E-state index in [-0.39, 0.29) is 11.9 Å². The van der Waals surface area contributed by atoms with Gasteiger partial charge in [-0.1, -0.05) is 54.4 Å². The van der Waals surface area contributed by atoms with Crippen molar-refractivity contribution in [2.45, 2.75) is 46.1 Å². The molecule has 0 saturated heterocycles. The van der Waals surface area contributed by atoms with Crippen molar-refractivity contribution in [3.63, 3.8) is 0 Å². The summed E-state index contributed by atoms with van der Waals surface area (Å²) in [5.41, 5.74) is 4.68. The standard InChI is InChI=1S/C20H23Cl2NO/c1-4-19(16-8-5-13(2)14(3)11-16)23-20(24)10-7-15-6-9-17(21)18(22)12-15/h5-6,8-9,11-12,19H,4,7,10H2,1-3H3,(H,23,24)/t19-/m0/s1. The normalized spacial score (nSPS) is 12.0. The number of amides is 1. The third-order valence-corrected chi connectivity index (χ3v) is 5.04. The minimum Gasteiger partial charge on any atom is -0.349 e. The van der Waals surface area contributed by atoms with Gasteiger partial charge in [0, 0.05) is 6.42 Å². The third kappa shape index (κ3) is 4.99. The largest absolute Gasteiger partial charge is 0.349 e. The van der Waals surface area contributed by atoms with Crippen molar-refractivity contribution in [3.8, 4) is 0 Å². The lowest BCUT2D eigenvalue weighted by atomic mass is 9.99. The second-order valence-electron chi connectivity index (χ2n) is 6.12. The van der Waals surface area contributed by atoms with Gasteiger partial charge in [0.05, 0.1) is 16.1 Å². The Bertz CT molecular complexity index is 728. The lowest BCUT2D eigenvalue weighted by molar-refractivity contribution is -0.121. The highest BCUT2D eigenvalue weighted by atomic mass is 35.5. The zero-order chi connectivity index (χ0) is 17.7. The van der Waals surface area contributed by atoms with Crippen LogP contribution in [0.5, 0.6) is 0 Å². The van der Waals surface area contributed by atoms with Gasteiger partial charge in [0.2, 0.25) is 5.91 Å². The van der Waals surface area contributed by atoms with E-state index >= 15 is 0 Å². The van der Waals surface area contributed by atoms with Gasteiger partial charge in [0.25, 0.3) is 0 Å². The monoisotopic (exact) mass is 363 g/mol. The average molecular weight is 364 g/mol. The van der Waals surface area contributed by atoms with Crippen LogP contribution in [0.1, 0.15) is 48.1 Å². The summed E-state index contributed by atoms with van der Waals surface area (Å²) >= 11 is 11.9. The summed E-state index contributed by atoms with van der Waals surface area (Å²) in [6.07, 6.45) is 1.94. The Morgan fingerprint density at radius 3 is 2.42 bits per heavy atom. The molecule has 0 fully saturated rings. The Labute approximate surface area is 154 Å². The van der Waals surface area contributed by atoms with E-state index in [2.05, 4.69) is 44.3 Å². The van der Waals surface area contributed by atoms with Crippen LogP contribution in [0.25, 0.3) is 0 Å². The minimum atomic E-state index is 0.0469. The number of aryl methyl sites for hydroxylation is 3. The summed E-state index contributed by atoms with van der Waals surface area (Å²) in [4.78, 5) is 12.3. The number of rotatable bonds is 6. The van der Waals surface area contributed by atoms with Crippen LogP contribution in [0.3, 0.4) is 0 Å². The van der Waals surface area contributed by atoms with Crippen LogP contribution in [0.4, 0.5) is 0 Å². The van der Waals surface area contributed by atoms with E-state index in [1.807, 2.05) is 12.1 Å². The van der Waals surface area contributed by atoms with Gasteiger partial charge < -0.3 is 5.32 Å². The number of carbonyl (C=O) groups excluding carboxylic acids is 1. The van der Waals surface area contributed by atoms with Crippen molar-refractivity contribution in [2.75, 3.05) is 0 Å². The Morgan fingerprint density at radius 2 is 1.79 bits per heavy atom. The molecule has 0 aliphatic rings. The number of hydrogen-bond acceptors (Lipinski definition) is 1. The molecule has 0 heterocycles. The van der Waals surface area contributed by atoms with Crippen LogP contribution >= 0.6 is 23.2 Å². The highest BCUT2D eigenvalue weighted by Gasteiger charge is 2.13. The van der Waals surface area contributed by atoms with Crippen LogP contribution in [-0.4, -0.2) is 5.91 Å². The molecule has 2 aromatic carbocycles. The summed E-state index contributed by atoms with van der Waals surface area (Å²) < 4.78 is 0. The van der Waals surface area contributed by atoms with Crippen molar-refractivity contribution >= 4 is 29.1 Å². The van der Waals surface area contributed by atoms with E-state index in [1.165, 1.54) is 11.1 Å². The second kappa shape index (κ2) is 8.55. The molecule has 0 unspecified atom stereocenters. The zero-order valence-corrected chi connectivity index (χ0v) is 15.8. The smallest absolute Gasteiger partial charge is 0.220 e. The lowest BCUT2D eigenvalue weighted by Crippen LogP contribution is -2.28. The molecule has 2 nitrogen and oxygen atoms in total. The van der Waals surface area contributed by atoms with Gasteiger partial charge in [-0.05, 0) is 61.1 Å². The minimum absolute atomic E-state index is 0.0469. The summed E-state index contributed by atoms with van der Waals surface area (Å²) in [6, 6.07) is 11.9. The first-order chi connectivity index (χ1) is 11.4. The fraction of sp³-hybridized carbons (Fsp3) is 0.350. The lowest BCUT2D eigenvalue weighted by Gasteiger charge is -2.18. The third-order valence-electron chi connectivity index (χ3n) is 4.30. The van der Waals surface area contributed by atoms with Crippen molar-refractivity contribution in [1.82, 2.24) is 5.32 Å². The van der Waals surface area contributed by atoms with E-state index in [9.17, 15) is 4.79 Å².